The van der Waals surface area contributed by atoms with Crippen molar-refractivity contribution < 1.29 is 15.0 Å². The van der Waals surface area contributed by atoms with Crippen LogP contribution in [0.5, 0.6) is 0 Å². The molecule has 0 aliphatic rings. The molecule has 0 bridgehead atoms. The number of unbranched alkanes of at least 4 members (excludes halogenated alkanes) is 20. The van der Waals surface area contributed by atoms with Gasteiger partial charge in [0.25, 0.3) is 0 Å². The predicted octanol–water partition coefficient (Wildman–Crippen LogP) is 19.7. The average molecular weight is 977 g/mol. The largest absolute Gasteiger partial charge is 0.394 e. The molecule has 0 spiro atoms. The summed E-state index contributed by atoms with van der Waals surface area (Å²) in [6.07, 6.45) is 96.8. The number of allylic oxidation sites excluding steroid dienone is 25. The van der Waals surface area contributed by atoms with Crippen LogP contribution < -0.4 is 5.32 Å². The molecule has 0 aromatic heterocycles. The van der Waals surface area contributed by atoms with Crippen LogP contribution in [0.4, 0.5) is 0 Å². The Labute approximate surface area is 439 Å². The first-order valence-electron chi connectivity index (χ1n) is 29.2. The summed E-state index contributed by atoms with van der Waals surface area (Å²) in [5.74, 6) is -0.0940. The SMILES string of the molecule is CC/C=C\C/C=C\C/C=C\C/C=C\C/C=C\C/C=C\C/C=C\C/C=C\C/C=C\C/C=C\C/C=C\C/C=C\CCCCCCC(=O)NC(CO)C(O)/C=C/CCCCCCCCCCCCCCCCCC. The van der Waals surface area contributed by atoms with Gasteiger partial charge in [0.1, 0.15) is 0 Å². The lowest BCUT2D eigenvalue weighted by Crippen LogP contribution is -2.45. The molecule has 0 saturated carbocycles. The second-order valence-electron chi connectivity index (χ2n) is 19.0. The van der Waals surface area contributed by atoms with Gasteiger partial charge in [-0.15, -0.1) is 0 Å². The van der Waals surface area contributed by atoms with E-state index in [0.717, 1.165) is 122 Å². The molecule has 2 atom stereocenters. The summed E-state index contributed by atoms with van der Waals surface area (Å²) in [6.45, 7) is 4.18. The zero-order valence-electron chi connectivity index (χ0n) is 45.9. The standard InChI is InChI=1S/C67H109NO3/c1-3-5-7-9-11-13-15-17-19-21-23-24-25-26-27-28-29-30-31-32-33-34-35-36-37-38-39-40-41-42-43-44-45-47-49-51-53-55-57-59-61-63-67(71)68-65(64-69)66(70)62-60-58-56-54-52-50-48-46-22-20-18-16-14-12-10-8-6-4-2/h5,7,11,13,17,19,23-24,26-27,29-30,32-33,35-36,38-39,41-42,44-45,49,51,60,62,65-66,69-70H,3-4,6,8-10,12,14-16,18,20-22,25,28,31,34,37,40,43,46-48,50,52-59,61,63-64H2,1-2H3,(H,68,71)/b7-5-,13-11-,19-17-,24-23-,27-26-,30-29-,33-32-,36-35-,39-38-,42-41-,45-44-,51-49-,62-60+. The van der Waals surface area contributed by atoms with Gasteiger partial charge in [-0.1, -0.05) is 281 Å². The number of rotatable bonds is 51. The number of nitrogens with one attached hydrogen (secondary N) is 1. The fourth-order valence-corrected chi connectivity index (χ4v) is 7.87. The van der Waals surface area contributed by atoms with E-state index < -0.39 is 12.1 Å². The number of hydrogen-bond acceptors (Lipinski definition) is 3. The van der Waals surface area contributed by atoms with Crippen LogP contribution in [0.25, 0.3) is 0 Å². The Kier molecular flexibility index (Phi) is 56.9. The maximum absolute atomic E-state index is 12.5. The highest BCUT2D eigenvalue weighted by molar-refractivity contribution is 5.76. The predicted molar refractivity (Wildman–Crippen MR) is 317 cm³/mol. The highest BCUT2D eigenvalue weighted by atomic mass is 16.3. The highest BCUT2D eigenvalue weighted by Crippen LogP contribution is 2.15. The van der Waals surface area contributed by atoms with Crippen molar-refractivity contribution in [2.45, 2.75) is 251 Å². The van der Waals surface area contributed by atoms with Gasteiger partial charge in [0.05, 0.1) is 18.8 Å². The molecule has 0 aliphatic heterocycles. The molecule has 0 aliphatic carbocycles. The zero-order valence-corrected chi connectivity index (χ0v) is 45.9. The van der Waals surface area contributed by atoms with Crippen LogP contribution in [0.2, 0.25) is 0 Å². The average Bonchev–Trinajstić information content (AvgIpc) is 3.37. The van der Waals surface area contributed by atoms with Crippen molar-refractivity contribution in [1.82, 2.24) is 5.32 Å². The van der Waals surface area contributed by atoms with Crippen LogP contribution in [0.1, 0.15) is 239 Å². The van der Waals surface area contributed by atoms with Crippen molar-refractivity contribution in [2.24, 2.45) is 0 Å². The van der Waals surface area contributed by atoms with Gasteiger partial charge in [0.15, 0.2) is 0 Å². The molecule has 0 rings (SSSR count). The Morgan fingerprint density at radius 3 is 0.930 bits per heavy atom. The summed E-state index contributed by atoms with van der Waals surface area (Å²) in [5, 5.41) is 23.1. The van der Waals surface area contributed by atoms with Crippen molar-refractivity contribution in [3.05, 3.63) is 158 Å². The molecule has 0 aromatic rings. The van der Waals surface area contributed by atoms with Crippen molar-refractivity contribution in [1.29, 1.82) is 0 Å². The monoisotopic (exact) mass is 976 g/mol. The normalized spacial score (nSPS) is 14.0. The third kappa shape index (κ3) is 56.8. The third-order valence-electron chi connectivity index (χ3n) is 12.3. The fraction of sp³-hybridized carbons (Fsp3) is 0.597. The molecule has 0 saturated heterocycles. The Balaban J connectivity index is 3.71. The second kappa shape index (κ2) is 60.3. The number of carbonyl (C=O) groups excluding carboxylic acids is 1. The van der Waals surface area contributed by atoms with Gasteiger partial charge in [-0.05, 0) is 109 Å². The molecule has 4 heteroatoms. The molecule has 400 valence electrons. The van der Waals surface area contributed by atoms with Gasteiger partial charge in [-0.25, -0.2) is 0 Å². The number of carbonyl (C=O) groups is 1. The lowest BCUT2D eigenvalue weighted by atomic mass is 10.0. The smallest absolute Gasteiger partial charge is 0.220 e. The number of hydrogen-bond donors (Lipinski definition) is 3. The molecular formula is C67H109NO3. The van der Waals surface area contributed by atoms with E-state index in [2.05, 4.69) is 165 Å². The molecule has 0 heterocycles. The summed E-state index contributed by atoms with van der Waals surface area (Å²) < 4.78 is 0. The maximum atomic E-state index is 12.5. The molecule has 71 heavy (non-hydrogen) atoms. The number of amides is 1. The van der Waals surface area contributed by atoms with Crippen LogP contribution >= 0.6 is 0 Å². The van der Waals surface area contributed by atoms with Crippen LogP contribution in [0.15, 0.2) is 158 Å². The Hall–Kier alpha value is -3.99. The van der Waals surface area contributed by atoms with Crippen LogP contribution in [0, 0.1) is 0 Å². The van der Waals surface area contributed by atoms with E-state index in [9.17, 15) is 15.0 Å². The van der Waals surface area contributed by atoms with Crippen molar-refractivity contribution in [3.63, 3.8) is 0 Å². The third-order valence-corrected chi connectivity index (χ3v) is 12.3. The summed E-state index contributed by atoms with van der Waals surface area (Å²) in [6, 6.07) is -0.648. The van der Waals surface area contributed by atoms with Gasteiger partial charge in [-0.3, -0.25) is 4.79 Å². The van der Waals surface area contributed by atoms with Crippen molar-refractivity contribution >= 4 is 5.91 Å². The Morgan fingerprint density at radius 2 is 0.620 bits per heavy atom. The van der Waals surface area contributed by atoms with Gasteiger partial charge in [-0.2, -0.15) is 0 Å². The molecule has 3 N–H and O–H groups in total. The minimum absolute atomic E-state index is 0.0940. The molecule has 0 radical (unpaired) electrons. The first kappa shape index (κ1) is 67.0. The van der Waals surface area contributed by atoms with E-state index in [4.69, 9.17) is 0 Å². The van der Waals surface area contributed by atoms with Gasteiger partial charge in [0.2, 0.25) is 5.91 Å². The molecule has 2 unspecified atom stereocenters. The lowest BCUT2D eigenvalue weighted by molar-refractivity contribution is -0.123. The first-order chi connectivity index (χ1) is 35.2. The molecule has 0 fully saturated rings. The van der Waals surface area contributed by atoms with Crippen LogP contribution in [-0.4, -0.2) is 34.9 Å². The van der Waals surface area contributed by atoms with E-state index in [-0.39, 0.29) is 12.5 Å². The second-order valence-corrected chi connectivity index (χ2v) is 19.0. The van der Waals surface area contributed by atoms with Crippen LogP contribution in [-0.2, 0) is 4.79 Å². The minimum Gasteiger partial charge on any atom is -0.394 e. The van der Waals surface area contributed by atoms with Gasteiger partial charge in [0, 0.05) is 6.42 Å². The van der Waals surface area contributed by atoms with Gasteiger partial charge < -0.3 is 15.5 Å². The van der Waals surface area contributed by atoms with Crippen LogP contribution in [0.3, 0.4) is 0 Å². The molecule has 4 nitrogen and oxygen atoms in total. The number of aliphatic hydroxyl groups excluding tert-OH is 2. The van der Waals surface area contributed by atoms with Gasteiger partial charge >= 0.3 is 0 Å². The molecule has 1 amide bonds. The van der Waals surface area contributed by atoms with E-state index in [1.807, 2.05) is 6.08 Å². The summed E-state index contributed by atoms with van der Waals surface area (Å²) in [7, 11) is 0. The van der Waals surface area contributed by atoms with E-state index in [0.29, 0.717) is 6.42 Å². The van der Waals surface area contributed by atoms with Crippen molar-refractivity contribution in [2.75, 3.05) is 6.61 Å². The van der Waals surface area contributed by atoms with E-state index >= 15 is 0 Å². The topological polar surface area (TPSA) is 69.6 Å². The lowest BCUT2D eigenvalue weighted by Gasteiger charge is -2.20. The summed E-state index contributed by atoms with van der Waals surface area (Å²) in [5.41, 5.74) is 0. The number of aliphatic hydroxyl groups is 2. The van der Waals surface area contributed by atoms with E-state index in [1.54, 1.807) is 6.08 Å². The maximum Gasteiger partial charge on any atom is 0.220 e. The zero-order chi connectivity index (χ0) is 51.3. The fourth-order valence-electron chi connectivity index (χ4n) is 7.87. The highest BCUT2D eigenvalue weighted by Gasteiger charge is 2.18. The Bertz CT molecular complexity index is 1530. The summed E-state index contributed by atoms with van der Waals surface area (Å²) >= 11 is 0. The molecule has 0 aromatic carbocycles. The molecular weight excluding hydrogens is 867 g/mol. The van der Waals surface area contributed by atoms with E-state index in [1.165, 1.54) is 96.3 Å². The Morgan fingerprint density at radius 1 is 0.352 bits per heavy atom. The van der Waals surface area contributed by atoms with Crippen molar-refractivity contribution in [3.8, 4) is 0 Å². The minimum atomic E-state index is -0.862. The quantitative estimate of drug-likeness (QED) is 0.0420. The summed E-state index contributed by atoms with van der Waals surface area (Å²) in [4.78, 5) is 12.5. The first-order valence-corrected chi connectivity index (χ1v) is 29.2.